The van der Waals surface area contributed by atoms with E-state index in [9.17, 15) is 4.79 Å². The number of nitrogens with zero attached hydrogens (tertiary/aromatic N) is 2. The lowest BCUT2D eigenvalue weighted by Crippen LogP contribution is -2.31. The van der Waals surface area contributed by atoms with E-state index in [1.54, 1.807) is 0 Å². The van der Waals surface area contributed by atoms with Crippen LogP contribution >= 0.6 is 11.8 Å². The lowest BCUT2D eigenvalue weighted by atomic mass is 10.1. The van der Waals surface area contributed by atoms with Crippen LogP contribution in [0.1, 0.15) is 16.7 Å². The highest BCUT2D eigenvalue weighted by atomic mass is 32.2. The number of amides is 1. The maximum absolute atomic E-state index is 13.1. The molecule has 1 aliphatic heterocycles. The van der Waals surface area contributed by atoms with E-state index in [2.05, 4.69) is 24.3 Å². The van der Waals surface area contributed by atoms with E-state index < -0.39 is 0 Å². The minimum absolute atomic E-state index is 0.0293. The van der Waals surface area contributed by atoms with Crippen LogP contribution in [-0.4, -0.2) is 22.5 Å². The molecule has 0 aromatic heterocycles. The second-order valence-electron chi connectivity index (χ2n) is 6.80. The van der Waals surface area contributed by atoms with E-state index in [-0.39, 0.29) is 5.91 Å². The molecule has 3 aromatic rings. The fraction of sp³-hybridized carbons (Fsp3) is 0.120. The van der Waals surface area contributed by atoms with E-state index >= 15 is 0 Å². The molecule has 0 spiro atoms. The molecule has 0 radical (unpaired) electrons. The van der Waals surface area contributed by atoms with Crippen LogP contribution in [0.4, 0.5) is 0 Å². The number of aliphatic imine (C=N–C) groups is 1. The van der Waals surface area contributed by atoms with Gasteiger partial charge in [0.25, 0.3) is 5.91 Å². The number of hydrogen-bond donors (Lipinski definition) is 0. The zero-order chi connectivity index (χ0) is 19.9. The monoisotopic (exact) mass is 398 g/mol. The number of thioether (sulfide) groups is 1. The highest BCUT2D eigenvalue weighted by Crippen LogP contribution is 2.33. The van der Waals surface area contributed by atoms with Crippen molar-refractivity contribution in [1.82, 2.24) is 4.90 Å². The van der Waals surface area contributed by atoms with Gasteiger partial charge >= 0.3 is 0 Å². The molecule has 3 aromatic carbocycles. The van der Waals surface area contributed by atoms with Crippen molar-refractivity contribution in [1.29, 1.82) is 0 Å². The lowest BCUT2D eigenvalue weighted by molar-refractivity contribution is -0.122. The highest BCUT2D eigenvalue weighted by molar-refractivity contribution is 8.18. The van der Waals surface area contributed by atoms with Crippen LogP contribution in [0.3, 0.4) is 0 Å². The van der Waals surface area contributed by atoms with Gasteiger partial charge in [-0.1, -0.05) is 91.0 Å². The first kappa shape index (κ1) is 19.2. The molecule has 4 heteroatoms. The Balaban J connectivity index is 1.57. The Bertz CT molecular complexity index is 1010. The molecule has 3 nitrogen and oxygen atoms in total. The molecule has 0 unspecified atom stereocenters. The third-order valence-electron chi connectivity index (χ3n) is 4.69. The molecule has 1 saturated heterocycles. The van der Waals surface area contributed by atoms with E-state index in [4.69, 9.17) is 4.99 Å². The van der Waals surface area contributed by atoms with Gasteiger partial charge in [-0.2, -0.15) is 0 Å². The number of hydrogen-bond acceptors (Lipinski definition) is 3. The summed E-state index contributed by atoms with van der Waals surface area (Å²) < 4.78 is 0. The maximum Gasteiger partial charge on any atom is 0.266 e. The van der Waals surface area contributed by atoms with Crippen LogP contribution in [0.2, 0.25) is 0 Å². The number of amidine groups is 1. The zero-order valence-corrected chi connectivity index (χ0v) is 16.9. The molecule has 144 valence electrons. The first-order valence-electron chi connectivity index (χ1n) is 9.68. The summed E-state index contributed by atoms with van der Waals surface area (Å²) in [6.07, 6.45) is 2.75. The Morgan fingerprint density at radius 2 is 1.38 bits per heavy atom. The molecule has 1 heterocycles. The first-order chi connectivity index (χ1) is 14.3. The Labute approximate surface area is 175 Å². The quantitative estimate of drug-likeness (QED) is 0.521. The van der Waals surface area contributed by atoms with Crippen molar-refractivity contribution in [2.75, 3.05) is 6.54 Å². The summed E-state index contributed by atoms with van der Waals surface area (Å²) in [4.78, 5) is 20.4. The molecule has 1 aliphatic rings. The minimum Gasteiger partial charge on any atom is -0.286 e. The Kier molecular flexibility index (Phi) is 6.22. The summed E-state index contributed by atoms with van der Waals surface area (Å²) in [5.41, 5.74) is 3.38. The fourth-order valence-electron chi connectivity index (χ4n) is 3.15. The molecule has 0 bridgehead atoms. The van der Waals surface area contributed by atoms with Crippen LogP contribution in [0.25, 0.3) is 6.08 Å². The Hall–Kier alpha value is -3.11. The fourth-order valence-corrected chi connectivity index (χ4v) is 4.15. The van der Waals surface area contributed by atoms with Gasteiger partial charge in [0, 0.05) is 6.54 Å². The smallest absolute Gasteiger partial charge is 0.266 e. The number of carbonyl (C=O) groups excluding carboxylic acids is 1. The summed E-state index contributed by atoms with van der Waals surface area (Å²) in [5.74, 6) is 0.0293. The van der Waals surface area contributed by atoms with Crippen LogP contribution in [0.15, 0.2) is 101 Å². The first-order valence-corrected chi connectivity index (χ1v) is 10.5. The normalized spacial score (nSPS) is 16.7. The standard InChI is InChI=1S/C25H22N2OS/c28-24-23(18-21-12-6-2-7-13-21)29-25(26-19-22-14-8-3-9-15-22)27(24)17-16-20-10-4-1-5-11-20/h1-15,18H,16-17,19H2/b23-18-,26-25-. The summed E-state index contributed by atoms with van der Waals surface area (Å²) in [6.45, 7) is 1.19. The summed E-state index contributed by atoms with van der Waals surface area (Å²) in [5, 5.41) is 0.775. The molecule has 29 heavy (non-hydrogen) atoms. The molecule has 0 saturated carbocycles. The zero-order valence-electron chi connectivity index (χ0n) is 16.1. The van der Waals surface area contributed by atoms with Crippen molar-refractivity contribution >= 4 is 28.9 Å². The maximum atomic E-state index is 13.1. The second kappa shape index (κ2) is 9.39. The number of benzene rings is 3. The van der Waals surface area contributed by atoms with Crippen LogP contribution < -0.4 is 0 Å². The van der Waals surface area contributed by atoms with Gasteiger partial charge in [-0.3, -0.25) is 14.7 Å². The Morgan fingerprint density at radius 1 is 0.793 bits per heavy atom. The topological polar surface area (TPSA) is 32.7 Å². The van der Waals surface area contributed by atoms with Gasteiger partial charge in [-0.05, 0) is 40.9 Å². The molecule has 1 fully saturated rings. The van der Waals surface area contributed by atoms with Crippen molar-refractivity contribution in [3.63, 3.8) is 0 Å². The molecular weight excluding hydrogens is 376 g/mol. The highest BCUT2D eigenvalue weighted by Gasteiger charge is 2.32. The second-order valence-corrected chi connectivity index (χ2v) is 7.81. The molecule has 0 atom stereocenters. The average Bonchev–Trinajstić information content (AvgIpc) is 3.07. The molecule has 4 rings (SSSR count). The lowest BCUT2D eigenvalue weighted by Gasteiger charge is -2.15. The van der Waals surface area contributed by atoms with Crippen molar-refractivity contribution in [3.8, 4) is 0 Å². The largest absolute Gasteiger partial charge is 0.286 e. The van der Waals surface area contributed by atoms with Crippen molar-refractivity contribution in [2.45, 2.75) is 13.0 Å². The van der Waals surface area contributed by atoms with Gasteiger partial charge in [0.05, 0.1) is 11.4 Å². The SMILES string of the molecule is O=C1/C(=C/c2ccccc2)S/C(=N\Cc2ccccc2)N1CCc1ccccc1. The van der Waals surface area contributed by atoms with Crippen LogP contribution in [0, 0.1) is 0 Å². The van der Waals surface area contributed by atoms with Crippen molar-refractivity contribution in [3.05, 3.63) is 113 Å². The van der Waals surface area contributed by atoms with E-state index in [0.717, 1.165) is 27.6 Å². The number of rotatable bonds is 6. The molecule has 0 aliphatic carbocycles. The summed E-state index contributed by atoms with van der Waals surface area (Å²) in [6, 6.07) is 30.3. The van der Waals surface area contributed by atoms with E-state index in [0.29, 0.717) is 13.1 Å². The molecular formula is C25H22N2OS. The van der Waals surface area contributed by atoms with Gasteiger partial charge in [-0.15, -0.1) is 0 Å². The third-order valence-corrected chi connectivity index (χ3v) is 5.74. The summed E-state index contributed by atoms with van der Waals surface area (Å²) >= 11 is 1.46. The summed E-state index contributed by atoms with van der Waals surface area (Å²) in [7, 11) is 0. The van der Waals surface area contributed by atoms with Gasteiger partial charge < -0.3 is 0 Å². The van der Waals surface area contributed by atoms with Gasteiger partial charge in [0.15, 0.2) is 5.17 Å². The molecule has 1 amide bonds. The predicted octanol–water partition coefficient (Wildman–Crippen LogP) is 5.40. The average molecular weight is 399 g/mol. The van der Waals surface area contributed by atoms with Gasteiger partial charge in [0.2, 0.25) is 0 Å². The van der Waals surface area contributed by atoms with E-state index in [1.807, 2.05) is 77.7 Å². The van der Waals surface area contributed by atoms with Crippen molar-refractivity contribution in [2.24, 2.45) is 4.99 Å². The minimum atomic E-state index is 0.0293. The van der Waals surface area contributed by atoms with Crippen LogP contribution in [0.5, 0.6) is 0 Å². The third kappa shape index (κ3) is 5.04. The molecule has 0 N–H and O–H groups in total. The Morgan fingerprint density at radius 3 is 2.03 bits per heavy atom. The van der Waals surface area contributed by atoms with Crippen LogP contribution in [-0.2, 0) is 17.8 Å². The van der Waals surface area contributed by atoms with Gasteiger partial charge in [-0.25, -0.2) is 0 Å². The number of carbonyl (C=O) groups is 1. The van der Waals surface area contributed by atoms with Crippen molar-refractivity contribution < 1.29 is 4.79 Å². The van der Waals surface area contributed by atoms with E-state index in [1.165, 1.54) is 17.3 Å². The van der Waals surface area contributed by atoms with Gasteiger partial charge in [0.1, 0.15) is 0 Å². The predicted molar refractivity (Wildman–Crippen MR) is 121 cm³/mol.